The first-order valence-corrected chi connectivity index (χ1v) is 4.43. The van der Waals surface area contributed by atoms with Crippen LogP contribution in [-0.4, -0.2) is 29.9 Å². The van der Waals surface area contributed by atoms with E-state index in [1.165, 1.54) is 0 Å². The van der Waals surface area contributed by atoms with Crippen LogP contribution >= 0.6 is 11.9 Å². The lowest BCUT2D eigenvalue weighted by Gasteiger charge is -2.30. The van der Waals surface area contributed by atoms with Gasteiger partial charge >= 0.3 is 29.9 Å². The van der Waals surface area contributed by atoms with Gasteiger partial charge in [0.2, 0.25) is 0 Å². The lowest BCUT2D eigenvalue weighted by atomic mass is 10.1. The van der Waals surface area contributed by atoms with Crippen molar-refractivity contribution in [2.24, 2.45) is 0 Å². The van der Waals surface area contributed by atoms with E-state index in [2.05, 4.69) is 20.9 Å². The van der Waals surface area contributed by atoms with E-state index >= 15 is 0 Å². The molecule has 0 aromatic rings. The minimum Gasteiger partial charge on any atom is -0.387 e. The van der Waals surface area contributed by atoms with Crippen LogP contribution in [-0.2, 0) is 18.6 Å². The Morgan fingerprint density at radius 3 is 1.83 bits per heavy atom. The van der Waals surface area contributed by atoms with Crippen LogP contribution in [0.5, 0.6) is 0 Å². The van der Waals surface area contributed by atoms with Crippen LogP contribution in [0.3, 0.4) is 0 Å². The second kappa shape index (κ2) is 5.21. The van der Waals surface area contributed by atoms with Crippen molar-refractivity contribution in [3.8, 4) is 0 Å². The van der Waals surface area contributed by atoms with Crippen molar-refractivity contribution in [2.75, 3.05) is 0 Å². The van der Waals surface area contributed by atoms with Gasteiger partial charge in [-0.1, -0.05) is 6.92 Å². The van der Waals surface area contributed by atoms with E-state index in [1.54, 1.807) is 0 Å². The van der Waals surface area contributed by atoms with Gasteiger partial charge in [-0.3, -0.25) is 0 Å². The van der Waals surface area contributed by atoms with Crippen LogP contribution in [0.4, 0.5) is 26.3 Å². The van der Waals surface area contributed by atoms with Crippen LogP contribution < -0.4 is 0 Å². The van der Waals surface area contributed by atoms with Crippen molar-refractivity contribution in [1.82, 2.24) is 0 Å². The highest BCUT2D eigenvalue weighted by molar-refractivity contribution is 6.35. The maximum Gasteiger partial charge on any atom is 0.473 e. The Kier molecular flexibility index (Phi) is 4.86. The van der Waals surface area contributed by atoms with Gasteiger partial charge in [-0.05, 0) is 0 Å². The van der Waals surface area contributed by atoms with E-state index in [0.29, 0.717) is 6.92 Å². The van der Waals surface area contributed by atoms with E-state index in [0.717, 1.165) is 0 Å². The van der Waals surface area contributed by atoms with Crippen LogP contribution in [0.15, 0.2) is 0 Å². The van der Waals surface area contributed by atoms with Gasteiger partial charge in [0.15, 0.2) is 0 Å². The number of carbonyl (C=O) groups is 2. The summed E-state index contributed by atoms with van der Waals surface area (Å²) in [4.78, 5) is 20.7. The quantitative estimate of drug-likeness (QED) is 0.455. The number of carbonyl (C=O) groups excluding carboxylic acids is 2. The summed E-state index contributed by atoms with van der Waals surface area (Å²) in [6.07, 6.45) is -7.55. The largest absolute Gasteiger partial charge is 0.473 e. The zero-order chi connectivity index (χ0) is 14.8. The zero-order valence-electron chi connectivity index (χ0n) is 8.49. The highest BCUT2D eigenvalue weighted by Gasteiger charge is 2.74. The number of alkyl halides is 6. The second-order valence-electron chi connectivity index (χ2n) is 2.90. The van der Waals surface area contributed by atoms with Crippen molar-refractivity contribution < 1.29 is 45.0 Å². The summed E-state index contributed by atoms with van der Waals surface area (Å²) in [6.45, 7) is 0.513. The first-order valence-electron chi connectivity index (χ1n) is 4.12. The van der Waals surface area contributed by atoms with Crippen molar-refractivity contribution in [3.05, 3.63) is 0 Å². The zero-order valence-corrected chi connectivity index (χ0v) is 9.24. The highest BCUT2D eigenvalue weighted by atomic mass is 35.5. The molecule has 11 heteroatoms. The number of hydrogen-bond acceptors (Lipinski definition) is 4. The third-order valence-electron chi connectivity index (χ3n) is 1.73. The molecule has 0 fully saturated rings. The highest BCUT2D eigenvalue weighted by Crippen LogP contribution is 2.47. The topological polar surface area (TPSA) is 52.6 Å². The molecule has 0 heterocycles. The van der Waals surface area contributed by atoms with E-state index < -0.39 is 36.3 Å². The monoisotopic (exact) mass is 302 g/mol. The Balaban J connectivity index is 5.15. The van der Waals surface area contributed by atoms with E-state index in [4.69, 9.17) is 0 Å². The van der Waals surface area contributed by atoms with Crippen LogP contribution in [0.1, 0.15) is 13.3 Å². The summed E-state index contributed by atoms with van der Waals surface area (Å²) >= 11 is 4.28. The predicted octanol–water partition coefficient (Wildman–Crippen LogP) is 2.50. The fourth-order valence-electron chi connectivity index (χ4n) is 0.689. The summed E-state index contributed by atoms with van der Waals surface area (Å²) < 4.78 is 81.9. The summed E-state index contributed by atoms with van der Waals surface area (Å²) in [6, 6.07) is 0. The standard InChI is InChI=1S/C7H5ClF6O4/c1-2-5(9,10)6(11,12)7(13,14)17-3(15)4(16)18-8/h2H2,1H3. The molecular formula is C7H5ClF6O4. The van der Waals surface area contributed by atoms with Crippen molar-refractivity contribution in [3.63, 3.8) is 0 Å². The van der Waals surface area contributed by atoms with E-state index in [9.17, 15) is 35.9 Å². The summed E-state index contributed by atoms with van der Waals surface area (Å²) in [5.74, 6) is -16.0. The van der Waals surface area contributed by atoms with Gasteiger partial charge in [-0.2, -0.15) is 26.3 Å². The first kappa shape index (κ1) is 16.8. The molecule has 4 nitrogen and oxygen atoms in total. The maximum absolute atomic E-state index is 12.7. The molecule has 0 saturated carbocycles. The summed E-state index contributed by atoms with van der Waals surface area (Å²) in [5.41, 5.74) is 0. The molecule has 0 aliphatic rings. The molecule has 106 valence electrons. The van der Waals surface area contributed by atoms with Crippen molar-refractivity contribution >= 4 is 23.8 Å². The Morgan fingerprint density at radius 2 is 1.50 bits per heavy atom. The Hall–Kier alpha value is -1.19. The molecule has 0 radical (unpaired) electrons. The molecule has 0 bridgehead atoms. The van der Waals surface area contributed by atoms with Gasteiger partial charge in [0.1, 0.15) is 11.9 Å². The fourth-order valence-corrected chi connectivity index (χ4v) is 0.752. The third kappa shape index (κ3) is 2.98. The van der Waals surface area contributed by atoms with E-state index in [1.807, 2.05) is 0 Å². The Labute approximate surface area is 101 Å². The van der Waals surface area contributed by atoms with Crippen molar-refractivity contribution in [1.29, 1.82) is 0 Å². The molecule has 0 aromatic carbocycles. The average Bonchev–Trinajstić information content (AvgIpc) is 2.26. The third-order valence-corrected chi connectivity index (χ3v) is 1.87. The molecule has 0 spiro atoms. The van der Waals surface area contributed by atoms with E-state index in [-0.39, 0.29) is 0 Å². The molecule has 0 rings (SSSR count). The van der Waals surface area contributed by atoms with Gasteiger partial charge in [-0.15, -0.1) is 0 Å². The van der Waals surface area contributed by atoms with Gasteiger partial charge in [-0.25, -0.2) is 9.59 Å². The smallest absolute Gasteiger partial charge is 0.387 e. The van der Waals surface area contributed by atoms with Crippen LogP contribution in [0.25, 0.3) is 0 Å². The van der Waals surface area contributed by atoms with Crippen molar-refractivity contribution in [2.45, 2.75) is 31.3 Å². The van der Waals surface area contributed by atoms with Gasteiger partial charge in [0.25, 0.3) is 0 Å². The molecule has 0 aliphatic heterocycles. The normalized spacial score (nSPS) is 13.1. The molecule has 0 amide bonds. The summed E-state index contributed by atoms with van der Waals surface area (Å²) in [7, 11) is 0. The number of esters is 1. The minimum absolute atomic E-state index is 0.513. The molecule has 0 atom stereocenters. The minimum atomic E-state index is -6.00. The van der Waals surface area contributed by atoms with Crippen LogP contribution in [0, 0.1) is 0 Å². The number of rotatable bonds is 4. The maximum atomic E-state index is 12.7. The second-order valence-corrected chi connectivity index (χ2v) is 3.06. The molecule has 0 aliphatic carbocycles. The number of hydrogen-bond donors (Lipinski definition) is 0. The molecule has 0 aromatic heterocycles. The lowest BCUT2D eigenvalue weighted by Crippen LogP contribution is -2.56. The van der Waals surface area contributed by atoms with Crippen LogP contribution in [0.2, 0.25) is 0 Å². The lowest BCUT2D eigenvalue weighted by molar-refractivity contribution is -0.384. The molecular weight excluding hydrogens is 298 g/mol. The average molecular weight is 303 g/mol. The number of halogens is 7. The molecule has 18 heavy (non-hydrogen) atoms. The Morgan fingerprint density at radius 1 is 1.06 bits per heavy atom. The summed E-state index contributed by atoms with van der Waals surface area (Å²) in [5, 5.41) is 0. The SMILES string of the molecule is CCC(F)(F)C(F)(F)C(F)(F)OC(=O)C(=O)OCl. The van der Waals surface area contributed by atoms with Gasteiger partial charge in [0, 0.05) is 6.42 Å². The first-order chi connectivity index (χ1) is 7.93. The van der Waals surface area contributed by atoms with Gasteiger partial charge < -0.3 is 9.03 Å². The Bertz CT molecular complexity index is 345. The predicted molar refractivity (Wildman–Crippen MR) is 43.2 cm³/mol. The molecule has 0 N–H and O–H groups in total. The number of ether oxygens (including phenoxy) is 1. The fraction of sp³-hybridized carbons (Fsp3) is 0.714. The van der Waals surface area contributed by atoms with Gasteiger partial charge in [0.05, 0.1) is 0 Å². The molecule has 0 unspecified atom stereocenters. The molecule has 0 saturated heterocycles.